The van der Waals surface area contributed by atoms with Crippen LogP contribution in [0.2, 0.25) is 0 Å². The molecule has 0 aliphatic heterocycles. The maximum Gasteiger partial charge on any atom is 0.263 e. The molecule has 5 heteroatoms. The monoisotopic (exact) mass is 343 g/mol. The van der Waals surface area contributed by atoms with Crippen molar-refractivity contribution in [2.45, 2.75) is 59.9 Å². The number of hydrogen-bond donors (Lipinski definition) is 1. The normalized spacial score (nSPS) is 11.7. The highest BCUT2D eigenvalue weighted by atomic mass is 16.5. The van der Waals surface area contributed by atoms with Crippen LogP contribution in [-0.4, -0.2) is 22.3 Å². The highest BCUT2D eigenvalue weighted by molar-refractivity contribution is 5.91. The highest BCUT2D eigenvalue weighted by Crippen LogP contribution is 2.25. The van der Waals surface area contributed by atoms with Crippen LogP contribution < -0.4 is 10.1 Å². The third-order valence-electron chi connectivity index (χ3n) is 3.97. The summed E-state index contributed by atoms with van der Waals surface area (Å²) in [4.78, 5) is 12.3. The van der Waals surface area contributed by atoms with Crippen molar-refractivity contribution in [3.63, 3.8) is 0 Å². The van der Waals surface area contributed by atoms with E-state index in [0.29, 0.717) is 11.7 Å². The van der Waals surface area contributed by atoms with Crippen molar-refractivity contribution in [2.24, 2.45) is 0 Å². The highest BCUT2D eigenvalue weighted by Gasteiger charge is 2.20. The van der Waals surface area contributed by atoms with E-state index in [1.807, 2.05) is 57.5 Å². The van der Waals surface area contributed by atoms with Gasteiger partial charge in [-0.1, -0.05) is 26.0 Å². The molecule has 0 atom stereocenters. The number of carbonyl (C=O) groups is 1. The quantitative estimate of drug-likeness (QED) is 0.875. The van der Waals surface area contributed by atoms with Gasteiger partial charge in [-0.15, -0.1) is 0 Å². The van der Waals surface area contributed by atoms with Gasteiger partial charge in [0.2, 0.25) is 0 Å². The number of ether oxygens (including phenoxy) is 1. The summed E-state index contributed by atoms with van der Waals surface area (Å²) in [5, 5.41) is 7.36. The SMILES string of the molecule is Cc1cc(NC(=O)COc2cc(C(C)C)ccc2C)n(C(C)(C)C)n1. The summed E-state index contributed by atoms with van der Waals surface area (Å²) >= 11 is 0. The van der Waals surface area contributed by atoms with E-state index >= 15 is 0 Å². The fraction of sp³-hybridized carbons (Fsp3) is 0.500. The Balaban J connectivity index is 2.06. The molecule has 0 saturated carbocycles. The Bertz CT molecular complexity index is 755. The number of anilines is 1. The van der Waals surface area contributed by atoms with Gasteiger partial charge in [0.1, 0.15) is 11.6 Å². The zero-order valence-electron chi connectivity index (χ0n) is 16.3. The predicted octanol–water partition coefficient (Wildman–Crippen LogP) is 4.40. The van der Waals surface area contributed by atoms with E-state index in [2.05, 4.69) is 30.3 Å². The number of aromatic nitrogens is 2. The van der Waals surface area contributed by atoms with E-state index in [4.69, 9.17) is 4.74 Å². The van der Waals surface area contributed by atoms with Gasteiger partial charge in [0.05, 0.1) is 11.2 Å². The van der Waals surface area contributed by atoms with Crippen molar-refractivity contribution in [1.29, 1.82) is 0 Å². The average molecular weight is 343 g/mol. The van der Waals surface area contributed by atoms with Crippen LogP contribution >= 0.6 is 0 Å². The van der Waals surface area contributed by atoms with Crippen LogP contribution in [0.15, 0.2) is 24.3 Å². The van der Waals surface area contributed by atoms with Crippen molar-refractivity contribution < 1.29 is 9.53 Å². The van der Waals surface area contributed by atoms with Gasteiger partial charge >= 0.3 is 0 Å². The van der Waals surface area contributed by atoms with E-state index < -0.39 is 0 Å². The second-order valence-corrected chi connectivity index (χ2v) is 7.77. The first-order valence-electron chi connectivity index (χ1n) is 8.68. The molecule has 136 valence electrons. The molecule has 0 spiro atoms. The van der Waals surface area contributed by atoms with Gasteiger partial charge in [0.25, 0.3) is 5.91 Å². The molecule has 2 rings (SSSR count). The average Bonchev–Trinajstić information content (AvgIpc) is 2.86. The summed E-state index contributed by atoms with van der Waals surface area (Å²) in [6, 6.07) is 8.00. The van der Waals surface area contributed by atoms with Crippen LogP contribution in [0, 0.1) is 13.8 Å². The maximum atomic E-state index is 12.3. The molecule has 5 nitrogen and oxygen atoms in total. The predicted molar refractivity (Wildman–Crippen MR) is 101 cm³/mol. The molecule has 1 aromatic heterocycles. The Morgan fingerprint density at radius 2 is 1.92 bits per heavy atom. The number of nitrogens with zero attached hydrogens (tertiary/aromatic N) is 2. The molecule has 1 N–H and O–H groups in total. The lowest BCUT2D eigenvalue weighted by Gasteiger charge is -2.22. The van der Waals surface area contributed by atoms with Crippen molar-refractivity contribution in [3.8, 4) is 5.75 Å². The van der Waals surface area contributed by atoms with Crippen LogP contribution in [0.25, 0.3) is 0 Å². The van der Waals surface area contributed by atoms with Crippen LogP contribution in [0.3, 0.4) is 0 Å². The summed E-state index contributed by atoms with van der Waals surface area (Å²) in [5.41, 5.74) is 2.88. The fourth-order valence-electron chi connectivity index (χ4n) is 2.55. The summed E-state index contributed by atoms with van der Waals surface area (Å²) < 4.78 is 7.58. The molecule has 1 aromatic carbocycles. The first kappa shape index (κ1) is 19.0. The number of aryl methyl sites for hydroxylation is 2. The second kappa shape index (κ2) is 7.30. The Labute approximate surface area is 150 Å². The van der Waals surface area contributed by atoms with Crippen LogP contribution in [0.4, 0.5) is 5.82 Å². The Kier molecular flexibility index (Phi) is 5.55. The number of benzene rings is 1. The molecule has 0 aliphatic rings. The number of nitrogens with one attached hydrogen (secondary N) is 1. The van der Waals surface area contributed by atoms with Crippen LogP contribution in [-0.2, 0) is 10.3 Å². The van der Waals surface area contributed by atoms with Crippen molar-refractivity contribution in [1.82, 2.24) is 9.78 Å². The first-order chi connectivity index (χ1) is 11.6. The van der Waals surface area contributed by atoms with Gasteiger partial charge in [0.15, 0.2) is 6.61 Å². The third kappa shape index (κ3) is 4.84. The second-order valence-electron chi connectivity index (χ2n) is 7.77. The molecule has 0 radical (unpaired) electrons. The van der Waals surface area contributed by atoms with Gasteiger partial charge in [-0.05, 0) is 57.7 Å². The van der Waals surface area contributed by atoms with Crippen LogP contribution in [0.1, 0.15) is 57.4 Å². The van der Waals surface area contributed by atoms with Crippen molar-refractivity contribution in [3.05, 3.63) is 41.1 Å². The van der Waals surface area contributed by atoms with Gasteiger partial charge in [-0.25, -0.2) is 4.68 Å². The van der Waals surface area contributed by atoms with Gasteiger partial charge in [-0.3, -0.25) is 4.79 Å². The van der Waals surface area contributed by atoms with E-state index in [-0.39, 0.29) is 18.1 Å². The van der Waals surface area contributed by atoms with Crippen LogP contribution in [0.5, 0.6) is 5.75 Å². The maximum absolute atomic E-state index is 12.3. The molecule has 0 bridgehead atoms. The number of hydrogen-bond acceptors (Lipinski definition) is 3. The molecular formula is C20H29N3O2. The topological polar surface area (TPSA) is 56.1 Å². The molecule has 0 saturated heterocycles. The first-order valence-corrected chi connectivity index (χ1v) is 8.68. The lowest BCUT2D eigenvalue weighted by Crippen LogP contribution is -2.28. The zero-order valence-corrected chi connectivity index (χ0v) is 16.3. The number of carbonyl (C=O) groups excluding carboxylic acids is 1. The smallest absolute Gasteiger partial charge is 0.263 e. The molecular weight excluding hydrogens is 314 g/mol. The van der Waals surface area contributed by atoms with E-state index in [1.54, 1.807) is 0 Å². The molecule has 0 fully saturated rings. The third-order valence-corrected chi connectivity index (χ3v) is 3.97. The minimum absolute atomic E-state index is 0.0310. The number of rotatable bonds is 5. The molecule has 0 aliphatic carbocycles. The minimum atomic E-state index is -0.208. The summed E-state index contributed by atoms with van der Waals surface area (Å²) in [7, 11) is 0. The minimum Gasteiger partial charge on any atom is -0.483 e. The van der Waals surface area contributed by atoms with Gasteiger partial charge < -0.3 is 10.1 Å². The molecule has 0 unspecified atom stereocenters. The Morgan fingerprint density at radius 3 is 2.52 bits per heavy atom. The molecule has 1 amide bonds. The summed E-state index contributed by atoms with van der Waals surface area (Å²) in [5.74, 6) is 1.66. The fourth-order valence-corrected chi connectivity index (χ4v) is 2.55. The van der Waals surface area contributed by atoms with Gasteiger partial charge in [-0.2, -0.15) is 5.10 Å². The van der Waals surface area contributed by atoms with Gasteiger partial charge in [0, 0.05) is 6.07 Å². The Morgan fingerprint density at radius 1 is 1.24 bits per heavy atom. The van der Waals surface area contributed by atoms with Crippen molar-refractivity contribution in [2.75, 3.05) is 11.9 Å². The van der Waals surface area contributed by atoms with E-state index in [9.17, 15) is 4.79 Å². The standard InChI is InChI=1S/C20H29N3O2/c1-13(2)16-9-8-14(3)17(11-16)25-12-19(24)21-18-10-15(4)22-23(18)20(5,6)7/h8-11,13H,12H2,1-7H3,(H,21,24). The van der Waals surface area contributed by atoms with E-state index in [1.165, 1.54) is 5.56 Å². The lowest BCUT2D eigenvalue weighted by molar-refractivity contribution is -0.118. The zero-order chi connectivity index (χ0) is 18.8. The molecule has 1 heterocycles. The lowest BCUT2D eigenvalue weighted by atomic mass is 10.0. The summed E-state index contributed by atoms with van der Waals surface area (Å²) in [6.07, 6.45) is 0. The molecule has 25 heavy (non-hydrogen) atoms. The van der Waals surface area contributed by atoms with E-state index in [0.717, 1.165) is 17.0 Å². The largest absolute Gasteiger partial charge is 0.483 e. The number of amides is 1. The van der Waals surface area contributed by atoms with Crippen molar-refractivity contribution >= 4 is 11.7 Å². The molecule has 2 aromatic rings. The summed E-state index contributed by atoms with van der Waals surface area (Å²) in [6.45, 7) is 14.3. The Hall–Kier alpha value is -2.30.